The molecule has 1 N–H and O–H groups in total. The minimum absolute atomic E-state index is 0.372. The first-order valence-electron chi connectivity index (χ1n) is 5.72. The Morgan fingerprint density at radius 1 is 1.41 bits per heavy atom. The van der Waals surface area contributed by atoms with Crippen LogP contribution in [0.5, 0.6) is 0 Å². The Kier molecular flexibility index (Phi) is 5.39. The van der Waals surface area contributed by atoms with Gasteiger partial charge in [-0.2, -0.15) is 13.2 Å². The number of alkyl halides is 3. The lowest BCUT2D eigenvalue weighted by Crippen LogP contribution is -2.28. The fraction of sp³-hybridized carbons (Fsp3) is 0.727. The molecule has 0 saturated heterocycles. The highest BCUT2D eigenvalue weighted by atomic mass is 32.1. The molecule has 98 valence electrons. The lowest BCUT2D eigenvalue weighted by molar-refractivity contribution is -0.137. The van der Waals surface area contributed by atoms with Crippen molar-refractivity contribution >= 4 is 11.3 Å². The van der Waals surface area contributed by atoms with Crippen molar-refractivity contribution < 1.29 is 13.2 Å². The topological polar surface area (TPSA) is 24.9 Å². The van der Waals surface area contributed by atoms with Gasteiger partial charge in [0.25, 0.3) is 0 Å². The maximum absolute atomic E-state index is 12.3. The molecule has 1 aromatic rings. The van der Waals surface area contributed by atoms with E-state index in [2.05, 4.69) is 17.2 Å². The number of nitrogens with one attached hydrogen (secondary N) is 1. The average Bonchev–Trinajstić information content (AvgIpc) is 2.72. The van der Waals surface area contributed by atoms with Gasteiger partial charge in [-0.1, -0.05) is 13.8 Å². The molecule has 17 heavy (non-hydrogen) atoms. The van der Waals surface area contributed by atoms with Gasteiger partial charge < -0.3 is 5.32 Å². The largest absolute Gasteiger partial charge is 0.443 e. The summed E-state index contributed by atoms with van der Waals surface area (Å²) in [6, 6.07) is 0.372. The van der Waals surface area contributed by atoms with Crippen LogP contribution in [0.25, 0.3) is 0 Å². The van der Waals surface area contributed by atoms with Crippen LogP contribution < -0.4 is 5.32 Å². The van der Waals surface area contributed by atoms with Crippen LogP contribution in [0.2, 0.25) is 0 Å². The van der Waals surface area contributed by atoms with Gasteiger partial charge in [-0.25, -0.2) is 4.98 Å². The summed E-state index contributed by atoms with van der Waals surface area (Å²) in [6.07, 6.45) is -0.483. The van der Waals surface area contributed by atoms with Crippen molar-refractivity contribution in [2.24, 2.45) is 0 Å². The highest BCUT2D eigenvalue weighted by Crippen LogP contribution is 2.32. The molecule has 1 heterocycles. The van der Waals surface area contributed by atoms with E-state index in [0.717, 1.165) is 30.7 Å². The van der Waals surface area contributed by atoms with Crippen molar-refractivity contribution in [3.05, 3.63) is 16.1 Å². The first kappa shape index (κ1) is 14.4. The molecular weight excluding hydrogens is 249 g/mol. The maximum Gasteiger partial charge on any atom is 0.443 e. The molecule has 0 aromatic carbocycles. The van der Waals surface area contributed by atoms with Gasteiger partial charge in [0.05, 0.1) is 0 Å². The molecule has 0 bridgehead atoms. The van der Waals surface area contributed by atoms with E-state index in [1.54, 1.807) is 0 Å². The second-order valence-corrected chi connectivity index (χ2v) is 4.95. The van der Waals surface area contributed by atoms with Gasteiger partial charge in [-0.15, -0.1) is 11.3 Å². The third kappa shape index (κ3) is 4.63. The highest BCUT2D eigenvalue weighted by Gasteiger charge is 2.34. The van der Waals surface area contributed by atoms with E-state index in [0.29, 0.717) is 17.3 Å². The monoisotopic (exact) mass is 266 g/mol. The van der Waals surface area contributed by atoms with Crippen LogP contribution >= 0.6 is 11.3 Å². The SMILES string of the molecule is CCNC(CC)CCc1cnc(C(F)(F)F)s1. The zero-order valence-corrected chi connectivity index (χ0v) is 10.8. The molecule has 1 unspecified atom stereocenters. The Labute approximate surface area is 103 Å². The molecule has 0 fully saturated rings. The predicted molar refractivity (Wildman–Crippen MR) is 63.2 cm³/mol. The summed E-state index contributed by atoms with van der Waals surface area (Å²) in [5.41, 5.74) is 0. The van der Waals surface area contributed by atoms with Gasteiger partial charge in [-0.05, 0) is 25.8 Å². The highest BCUT2D eigenvalue weighted by molar-refractivity contribution is 7.11. The minimum atomic E-state index is -4.31. The lowest BCUT2D eigenvalue weighted by atomic mass is 10.1. The summed E-state index contributed by atoms with van der Waals surface area (Å²) in [5.74, 6) is 0. The molecule has 0 saturated carbocycles. The first-order chi connectivity index (χ1) is 7.97. The van der Waals surface area contributed by atoms with Crippen LogP contribution in [0.1, 0.15) is 36.6 Å². The number of nitrogens with zero attached hydrogens (tertiary/aromatic N) is 1. The third-order valence-corrected chi connectivity index (χ3v) is 3.62. The van der Waals surface area contributed by atoms with E-state index in [1.165, 1.54) is 6.20 Å². The number of thiazole rings is 1. The Hall–Kier alpha value is -0.620. The van der Waals surface area contributed by atoms with Crippen molar-refractivity contribution in [2.45, 2.75) is 45.3 Å². The van der Waals surface area contributed by atoms with Crippen LogP contribution in [-0.2, 0) is 12.6 Å². The van der Waals surface area contributed by atoms with Crippen LogP contribution in [-0.4, -0.2) is 17.6 Å². The molecule has 0 aliphatic heterocycles. The van der Waals surface area contributed by atoms with E-state index in [-0.39, 0.29) is 0 Å². The summed E-state index contributed by atoms with van der Waals surface area (Å²) in [7, 11) is 0. The molecule has 6 heteroatoms. The van der Waals surface area contributed by atoms with Crippen molar-refractivity contribution in [3.63, 3.8) is 0 Å². The van der Waals surface area contributed by atoms with Crippen LogP contribution in [0, 0.1) is 0 Å². The summed E-state index contributed by atoms with van der Waals surface area (Å²) in [6.45, 7) is 4.98. The Bertz CT molecular complexity index is 336. The van der Waals surface area contributed by atoms with Gasteiger partial charge in [0.2, 0.25) is 0 Å². The molecular formula is C11H17F3N2S. The molecule has 1 rings (SSSR count). The third-order valence-electron chi connectivity index (χ3n) is 2.52. The zero-order chi connectivity index (χ0) is 12.9. The number of aromatic nitrogens is 1. The molecule has 0 spiro atoms. The smallest absolute Gasteiger partial charge is 0.314 e. The van der Waals surface area contributed by atoms with Gasteiger partial charge in [0.1, 0.15) is 0 Å². The fourth-order valence-corrected chi connectivity index (χ4v) is 2.40. The predicted octanol–water partition coefficient (Wildman–Crippen LogP) is 3.48. The number of halogens is 3. The number of rotatable bonds is 6. The molecule has 0 aliphatic carbocycles. The first-order valence-corrected chi connectivity index (χ1v) is 6.54. The van der Waals surface area contributed by atoms with Crippen molar-refractivity contribution in [1.82, 2.24) is 10.3 Å². The molecule has 0 radical (unpaired) electrons. The van der Waals surface area contributed by atoms with Crippen molar-refractivity contribution in [3.8, 4) is 0 Å². The van der Waals surface area contributed by atoms with Crippen molar-refractivity contribution in [2.75, 3.05) is 6.54 Å². The maximum atomic E-state index is 12.3. The number of hydrogen-bond donors (Lipinski definition) is 1. The van der Waals surface area contributed by atoms with E-state index in [9.17, 15) is 13.2 Å². The second-order valence-electron chi connectivity index (χ2n) is 3.83. The van der Waals surface area contributed by atoms with Crippen LogP contribution in [0.15, 0.2) is 6.20 Å². The van der Waals surface area contributed by atoms with E-state index < -0.39 is 11.2 Å². The summed E-state index contributed by atoms with van der Waals surface area (Å²) in [5, 5.41) is 2.56. The quantitative estimate of drug-likeness (QED) is 0.852. The second kappa shape index (κ2) is 6.35. The van der Waals surface area contributed by atoms with Crippen LogP contribution in [0.4, 0.5) is 13.2 Å². The summed E-state index contributed by atoms with van der Waals surface area (Å²) in [4.78, 5) is 4.11. The Morgan fingerprint density at radius 3 is 2.59 bits per heavy atom. The molecule has 2 nitrogen and oxygen atoms in total. The molecule has 0 aliphatic rings. The summed E-state index contributed by atoms with van der Waals surface area (Å²) >= 11 is 0.746. The average molecular weight is 266 g/mol. The van der Waals surface area contributed by atoms with Gasteiger partial charge in [0, 0.05) is 17.1 Å². The summed E-state index contributed by atoms with van der Waals surface area (Å²) < 4.78 is 37.0. The van der Waals surface area contributed by atoms with Crippen LogP contribution in [0.3, 0.4) is 0 Å². The van der Waals surface area contributed by atoms with E-state index >= 15 is 0 Å². The van der Waals surface area contributed by atoms with Gasteiger partial charge >= 0.3 is 6.18 Å². The van der Waals surface area contributed by atoms with Crippen molar-refractivity contribution in [1.29, 1.82) is 0 Å². The number of hydrogen-bond acceptors (Lipinski definition) is 3. The lowest BCUT2D eigenvalue weighted by Gasteiger charge is -2.14. The Morgan fingerprint density at radius 2 is 2.12 bits per heavy atom. The minimum Gasteiger partial charge on any atom is -0.314 e. The van der Waals surface area contributed by atoms with Gasteiger partial charge in [0.15, 0.2) is 5.01 Å². The molecule has 1 atom stereocenters. The van der Waals surface area contributed by atoms with E-state index in [4.69, 9.17) is 0 Å². The number of aryl methyl sites for hydroxylation is 1. The standard InChI is InChI=1S/C11H17F3N2S/c1-3-8(15-4-2)5-6-9-7-16-10(17-9)11(12,13)14/h7-8,15H,3-6H2,1-2H3. The molecule has 0 amide bonds. The van der Waals surface area contributed by atoms with Gasteiger partial charge in [-0.3, -0.25) is 0 Å². The molecule has 1 aromatic heterocycles. The Balaban J connectivity index is 2.49. The van der Waals surface area contributed by atoms with E-state index in [1.807, 2.05) is 6.92 Å². The zero-order valence-electron chi connectivity index (χ0n) is 9.97. The fourth-order valence-electron chi connectivity index (χ4n) is 1.61. The normalized spacial score (nSPS) is 13.9.